The van der Waals surface area contributed by atoms with E-state index >= 15 is 0 Å². The summed E-state index contributed by atoms with van der Waals surface area (Å²) >= 11 is 0. The van der Waals surface area contributed by atoms with Crippen molar-refractivity contribution in [2.24, 2.45) is 17.8 Å². The van der Waals surface area contributed by atoms with Crippen LogP contribution in [0.3, 0.4) is 0 Å². The molecule has 2 saturated carbocycles. The summed E-state index contributed by atoms with van der Waals surface area (Å²) in [6, 6.07) is 0.530. The molecule has 0 radical (unpaired) electrons. The first-order valence-corrected chi connectivity index (χ1v) is 6.84. The van der Waals surface area contributed by atoms with Crippen molar-refractivity contribution >= 4 is 5.91 Å². The predicted octanol–water partition coefficient (Wildman–Crippen LogP) is 1.29. The van der Waals surface area contributed by atoms with Crippen LogP contribution in [0.1, 0.15) is 38.5 Å². The number of carbonyl (C=O) groups excluding carboxylic acids is 1. The minimum absolute atomic E-state index is 0.334. The smallest absolute Gasteiger partial charge is 0.223 e. The lowest BCUT2D eigenvalue weighted by molar-refractivity contribution is -0.126. The fourth-order valence-corrected chi connectivity index (χ4v) is 3.85. The van der Waals surface area contributed by atoms with Crippen LogP contribution in [-0.2, 0) is 4.79 Å². The van der Waals surface area contributed by atoms with Gasteiger partial charge in [0.2, 0.25) is 5.91 Å². The van der Waals surface area contributed by atoms with E-state index in [-0.39, 0.29) is 0 Å². The second kappa shape index (κ2) is 4.36. The van der Waals surface area contributed by atoms with Gasteiger partial charge in [0.15, 0.2) is 0 Å². The normalized spacial score (nSPS) is 41.5. The van der Waals surface area contributed by atoms with E-state index in [0.29, 0.717) is 23.8 Å². The summed E-state index contributed by atoms with van der Waals surface area (Å²) in [6.07, 6.45) is 7.63. The molecule has 2 aliphatic carbocycles. The van der Waals surface area contributed by atoms with Crippen LogP contribution >= 0.6 is 0 Å². The van der Waals surface area contributed by atoms with E-state index in [2.05, 4.69) is 10.6 Å². The Kier molecular flexibility index (Phi) is 2.88. The summed E-state index contributed by atoms with van der Waals surface area (Å²) in [7, 11) is 0. The molecule has 2 N–H and O–H groups in total. The van der Waals surface area contributed by atoms with Crippen molar-refractivity contribution in [3.63, 3.8) is 0 Å². The third-order valence-electron chi connectivity index (χ3n) is 4.76. The number of amides is 1. The van der Waals surface area contributed by atoms with Gasteiger partial charge in [0.25, 0.3) is 0 Å². The molecule has 3 fully saturated rings. The summed E-state index contributed by atoms with van der Waals surface area (Å²) in [5, 5.41) is 6.57. The number of hydrogen-bond acceptors (Lipinski definition) is 2. The zero-order valence-electron chi connectivity index (χ0n) is 9.87. The van der Waals surface area contributed by atoms with E-state index < -0.39 is 0 Å². The summed E-state index contributed by atoms with van der Waals surface area (Å²) in [5.41, 5.74) is 0. The molecule has 4 atom stereocenters. The molecule has 16 heavy (non-hydrogen) atoms. The zero-order valence-corrected chi connectivity index (χ0v) is 9.87. The van der Waals surface area contributed by atoms with Gasteiger partial charge in [0, 0.05) is 18.5 Å². The topological polar surface area (TPSA) is 41.1 Å². The minimum Gasteiger partial charge on any atom is -0.354 e. The van der Waals surface area contributed by atoms with Crippen LogP contribution in [-0.4, -0.2) is 25.0 Å². The minimum atomic E-state index is 0.334. The SMILES string of the molecule is O=C(NCC1CCCN1)C1CC2CCC1C2. The Balaban J connectivity index is 1.46. The Morgan fingerprint density at radius 1 is 1.25 bits per heavy atom. The van der Waals surface area contributed by atoms with E-state index in [1.54, 1.807) is 0 Å². The Hall–Kier alpha value is -0.570. The van der Waals surface area contributed by atoms with Crippen molar-refractivity contribution in [1.29, 1.82) is 0 Å². The highest BCUT2D eigenvalue weighted by Gasteiger charge is 2.42. The van der Waals surface area contributed by atoms with E-state index in [1.807, 2.05) is 0 Å². The van der Waals surface area contributed by atoms with Gasteiger partial charge in [-0.2, -0.15) is 0 Å². The molecule has 3 nitrogen and oxygen atoms in total. The molecule has 2 bridgehead atoms. The average Bonchev–Trinajstić information content (AvgIpc) is 3.01. The van der Waals surface area contributed by atoms with Gasteiger partial charge in [-0.05, 0) is 50.5 Å². The van der Waals surface area contributed by atoms with E-state index in [1.165, 1.54) is 32.1 Å². The molecule has 3 aliphatic rings. The molecule has 90 valence electrons. The molecule has 0 spiro atoms. The van der Waals surface area contributed by atoms with Gasteiger partial charge in [-0.15, -0.1) is 0 Å². The second-order valence-electron chi connectivity index (χ2n) is 5.82. The summed E-state index contributed by atoms with van der Waals surface area (Å²) in [5.74, 6) is 2.26. The van der Waals surface area contributed by atoms with Crippen LogP contribution in [0.4, 0.5) is 0 Å². The molecule has 1 aliphatic heterocycles. The third kappa shape index (κ3) is 1.97. The van der Waals surface area contributed by atoms with Crippen LogP contribution in [0.15, 0.2) is 0 Å². The average molecular weight is 222 g/mol. The van der Waals surface area contributed by atoms with Gasteiger partial charge in [-0.3, -0.25) is 4.79 Å². The Morgan fingerprint density at radius 3 is 2.81 bits per heavy atom. The number of hydrogen-bond donors (Lipinski definition) is 2. The van der Waals surface area contributed by atoms with Crippen LogP contribution < -0.4 is 10.6 Å². The van der Waals surface area contributed by atoms with Crippen molar-refractivity contribution in [2.75, 3.05) is 13.1 Å². The monoisotopic (exact) mass is 222 g/mol. The molecule has 4 unspecified atom stereocenters. The predicted molar refractivity (Wildman–Crippen MR) is 63.0 cm³/mol. The molecule has 3 heteroatoms. The molecule has 0 aromatic heterocycles. The lowest BCUT2D eigenvalue weighted by atomic mass is 9.88. The van der Waals surface area contributed by atoms with Gasteiger partial charge in [0.1, 0.15) is 0 Å². The highest BCUT2D eigenvalue weighted by atomic mass is 16.1. The molecule has 1 saturated heterocycles. The maximum Gasteiger partial charge on any atom is 0.223 e. The number of rotatable bonds is 3. The molecule has 1 heterocycles. The maximum atomic E-state index is 12.1. The zero-order chi connectivity index (χ0) is 11.0. The van der Waals surface area contributed by atoms with Gasteiger partial charge < -0.3 is 10.6 Å². The first-order valence-electron chi connectivity index (χ1n) is 6.84. The summed E-state index contributed by atoms with van der Waals surface area (Å²) < 4.78 is 0. The van der Waals surface area contributed by atoms with Gasteiger partial charge in [-0.1, -0.05) is 6.42 Å². The van der Waals surface area contributed by atoms with Gasteiger partial charge >= 0.3 is 0 Å². The highest BCUT2D eigenvalue weighted by Crippen LogP contribution is 2.48. The molecule has 3 rings (SSSR count). The third-order valence-corrected chi connectivity index (χ3v) is 4.76. The van der Waals surface area contributed by atoms with Crippen LogP contribution in [0.25, 0.3) is 0 Å². The standard InChI is InChI=1S/C13H22N2O/c16-13(15-8-11-2-1-5-14-11)12-7-9-3-4-10(12)6-9/h9-12,14H,1-8H2,(H,15,16). The number of fused-ring (bicyclic) bond motifs is 2. The van der Waals surface area contributed by atoms with Crippen LogP contribution in [0, 0.1) is 17.8 Å². The van der Waals surface area contributed by atoms with Crippen LogP contribution in [0.2, 0.25) is 0 Å². The Bertz CT molecular complexity index is 273. The molecular formula is C13H22N2O. The van der Waals surface area contributed by atoms with Crippen molar-refractivity contribution in [2.45, 2.75) is 44.6 Å². The fraction of sp³-hybridized carbons (Fsp3) is 0.923. The van der Waals surface area contributed by atoms with Crippen molar-refractivity contribution < 1.29 is 4.79 Å². The number of carbonyl (C=O) groups is 1. The summed E-state index contributed by atoms with van der Waals surface area (Å²) in [4.78, 5) is 12.1. The molecule has 0 aromatic rings. The Labute approximate surface area is 97.4 Å². The fourth-order valence-electron chi connectivity index (χ4n) is 3.85. The molecular weight excluding hydrogens is 200 g/mol. The first-order chi connectivity index (χ1) is 7.83. The molecule has 0 aromatic carbocycles. The second-order valence-corrected chi connectivity index (χ2v) is 5.82. The highest BCUT2D eigenvalue weighted by molar-refractivity contribution is 5.79. The maximum absolute atomic E-state index is 12.1. The Morgan fingerprint density at radius 2 is 2.19 bits per heavy atom. The van der Waals surface area contributed by atoms with E-state index in [4.69, 9.17) is 0 Å². The lowest BCUT2D eigenvalue weighted by Crippen LogP contribution is -2.41. The summed E-state index contributed by atoms with van der Waals surface area (Å²) in [6.45, 7) is 1.96. The van der Waals surface area contributed by atoms with Gasteiger partial charge in [0.05, 0.1) is 0 Å². The van der Waals surface area contributed by atoms with Crippen molar-refractivity contribution in [1.82, 2.24) is 10.6 Å². The van der Waals surface area contributed by atoms with Crippen LogP contribution in [0.5, 0.6) is 0 Å². The molecule has 1 amide bonds. The van der Waals surface area contributed by atoms with Crippen molar-refractivity contribution in [3.8, 4) is 0 Å². The first kappa shape index (κ1) is 10.6. The largest absolute Gasteiger partial charge is 0.354 e. The van der Waals surface area contributed by atoms with E-state index in [9.17, 15) is 4.79 Å². The van der Waals surface area contributed by atoms with Gasteiger partial charge in [-0.25, -0.2) is 0 Å². The quantitative estimate of drug-likeness (QED) is 0.755. The number of nitrogens with one attached hydrogen (secondary N) is 2. The lowest BCUT2D eigenvalue weighted by Gasteiger charge is -2.21. The van der Waals surface area contributed by atoms with E-state index in [0.717, 1.165) is 25.4 Å². The van der Waals surface area contributed by atoms with Crippen molar-refractivity contribution in [3.05, 3.63) is 0 Å².